The first-order chi connectivity index (χ1) is 35.6. The van der Waals surface area contributed by atoms with Crippen molar-refractivity contribution in [1.29, 1.82) is 0 Å². The Morgan fingerprint density at radius 3 is 0.795 bits per heavy atom. The highest BCUT2D eigenvalue weighted by molar-refractivity contribution is 5.96. The molecule has 2 amide bonds. The van der Waals surface area contributed by atoms with Gasteiger partial charge in [-0.3, -0.25) is 19.4 Å². The first-order valence-corrected chi connectivity index (χ1v) is 32.4. The molecule has 6 atom stereocenters. The van der Waals surface area contributed by atoms with E-state index in [1.54, 1.807) is 0 Å². The molecule has 6 N–H and O–H groups in total. The second-order valence-electron chi connectivity index (χ2n) is 23.4. The summed E-state index contributed by atoms with van der Waals surface area (Å²) >= 11 is 0. The molecule has 0 spiro atoms. The molecule has 434 valence electrons. The van der Waals surface area contributed by atoms with Crippen molar-refractivity contribution in [2.24, 2.45) is 0 Å². The zero-order chi connectivity index (χ0) is 53.3. The van der Waals surface area contributed by atoms with Crippen LogP contribution in [0.3, 0.4) is 0 Å². The van der Waals surface area contributed by atoms with Gasteiger partial charge in [-0.2, -0.15) is 0 Å². The molecule has 0 radical (unpaired) electrons. The van der Waals surface area contributed by atoms with Gasteiger partial charge in [-0.1, -0.05) is 259 Å². The summed E-state index contributed by atoms with van der Waals surface area (Å²) in [5.74, 6) is -0.178. The molecule has 1 heterocycles. The van der Waals surface area contributed by atoms with Gasteiger partial charge in [-0.05, 0) is 70.9 Å². The summed E-state index contributed by atoms with van der Waals surface area (Å²) in [7, 11) is 0. The van der Waals surface area contributed by atoms with Crippen molar-refractivity contribution < 1.29 is 30.0 Å². The van der Waals surface area contributed by atoms with Gasteiger partial charge in [0.2, 0.25) is 11.8 Å². The smallest absolute Gasteiger partial charge is 0.243 e. The summed E-state index contributed by atoms with van der Waals surface area (Å²) in [6, 6.07) is -1.02. The third-order valence-electron chi connectivity index (χ3n) is 15.9. The zero-order valence-electron chi connectivity index (χ0n) is 49.0. The third kappa shape index (κ3) is 43.4. The number of aliphatic hydroxyl groups excluding tert-OH is 4. The lowest BCUT2D eigenvalue weighted by atomic mass is 10.00. The Kier molecular flexibility index (Phi) is 49.1. The summed E-state index contributed by atoms with van der Waals surface area (Å²) in [5.41, 5.74) is 0. The molecule has 0 aromatic carbocycles. The first-order valence-electron chi connectivity index (χ1n) is 32.4. The largest absolute Gasteiger partial charge is 0.392 e. The lowest BCUT2D eigenvalue weighted by Gasteiger charge is -2.30. The van der Waals surface area contributed by atoms with Crippen LogP contribution in [0.5, 0.6) is 0 Å². The number of piperazine rings is 1. The molecule has 1 fully saturated rings. The Hall–Kier alpha value is -1.30. The predicted octanol–water partition coefficient (Wildman–Crippen LogP) is 14.7. The molecule has 0 aromatic heterocycles. The van der Waals surface area contributed by atoms with Gasteiger partial charge in [0.05, 0.1) is 24.4 Å². The molecule has 73 heavy (non-hydrogen) atoms. The molecule has 10 heteroatoms. The number of hydrogen-bond donors (Lipinski definition) is 6. The van der Waals surface area contributed by atoms with E-state index < -0.39 is 24.3 Å². The number of nitrogens with one attached hydrogen (secondary N) is 2. The number of aliphatic hydroxyl groups is 4. The molecule has 10 nitrogen and oxygen atoms in total. The van der Waals surface area contributed by atoms with Gasteiger partial charge in [0.1, 0.15) is 12.1 Å². The van der Waals surface area contributed by atoms with Crippen molar-refractivity contribution >= 4 is 11.8 Å². The maximum atomic E-state index is 13.2. The number of hydrogen-bond acceptors (Lipinski definition) is 8. The monoisotopic (exact) mass is 1030 g/mol. The van der Waals surface area contributed by atoms with E-state index in [1.807, 2.05) is 0 Å². The van der Waals surface area contributed by atoms with Gasteiger partial charge in [0, 0.05) is 26.2 Å². The number of rotatable bonds is 57. The third-order valence-corrected chi connectivity index (χ3v) is 15.9. The van der Waals surface area contributed by atoms with E-state index in [4.69, 9.17) is 0 Å². The van der Waals surface area contributed by atoms with Crippen molar-refractivity contribution in [3.8, 4) is 0 Å². The summed E-state index contributed by atoms with van der Waals surface area (Å²) < 4.78 is 0. The molecule has 0 aliphatic carbocycles. The number of unbranched alkanes of at least 4 members (excludes halogenated alkanes) is 33. The predicted molar refractivity (Wildman–Crippen MR) is 311 cm³/mol. The summed E-state index contributed by atoms with van der Waals surface area (Å²) in [6.07, 6.45) is 49.8. The highest BCUT2D eigenvalue weighted by Crippen LogP contribution is 2.19. The van der Waals surface area contributed by atoms with Gasteiger partial charge < -0.3 is 31.1 Å². The molecule has 1 saturated heterocycles. The van der Waals surface area contributed by atoms with Gasteiger partial charge in [-0.15, -0.1) is 0 Å². The minimum absolute atomic E-state index is 0.0861. The van der Waals surface area contributed by atoms with Crippen LogP contribution in [0, 0.1) is 0 Å². The number of carbonyl (C=O) groups is 2. The van der Waals surface area contributed by atoms with E-state index in [-0.39, 0.29) is 24.0 Å². The van der Waals surface area contributed by atoms with Crippen LogP contribution in [-0.4, -0.2) is 118 Å². The second-order valence-corrected chi connectivity index (χ2v) is 23.4. The Morgan fingerprint density at radius 2 is 0.521 bits per heavy atom. The fourth-order valence-corrected chi connectivity index (χ4v) is 11.1. The van der Waals surface area contributed by atoms with E-state index in [9.17, 15) is 30.0 Å². The molecule has 1 aliphatic heterocycles. The summed E-state index contributed by atoms with van der Waals surface area (Å²) in [6.45, 7) is 13.0. The molecule has 1 rings (SSSR count). The molecule has 1 aliphatic rings. The van der Waals surface area contributed by atoms with Crippen molar-refractivity contribution in [2.75, 3.05) is 39.3 Å². The molecule has 0 saturated carbocycles. The first kappa shape index (κ1) is 69.7. The lowest BCUT2D eigenvalue weighted by Crippen LogP contribution is -2.61. The highest BCUT2D eigenvalue weighted by atomic mass is 16.3. The van der Waals surface area contributed by atoms with Gasteiger partial charge in [-0.25, -0.2) is 0 Å². The SMILES string of the molecule is CCCCCCCCCCC[C@@H](O)CN(CCCC[C@H]1NC(=O)[C@@H](CCCCCCN(C[C@H](O)CCCCCCCCCC)C[C@H](O)CCCCCCCCCC)NC1=O)C[C@H](O)CCCCCCCCCC. The molecule has 0 unspecified atom stereocenters. The quantitative estimate of drug-likeness (QED) is 0.0330. The molecular formula is C63H126N4O6. The van der Waals surface area contributed by atoms with Crippen LogP contribution >= 0.6 is 0 Å². The fourth-order valence-electron chi connectivity index (χ4n) is 11.1. The van der Waals surface area contributed by atoms with Crippen LogP contribution in [0.2, 0.25) is 0 Å². The normalized spacial score (nSPS) is 16.8. The van der Waals surface area contributed by atoms with E-state index in [0.29, 0.717) is 39.0 Å². The Labute approximate surface area is 452 Å². The van der Waals surface area contributed by atoms with Crippen LogP contribution in [0.25, 0.3) is 0 Å². The van der Waals surface area contributed by atoms with Gasteiger partial charge in [0.15, 0.2) is 0 Å². The van der Waals surface area contributed by atoms with Crippen LogP contribution in [0.15, 0.2) is 0 Å². The number of carbonyl (C=O) groups excluding carboxylic acids is 2. The van der Waals surface area contributed by atoms with Crippen molar-refractivity contribution in [3.05, 3.63) is 0 Å². The van der Waals surface area contributed by atoms with Crippen molar-refractivity contribution in [3.63, 3.8) is 0 Å². The van der Waals surface area contributed by atoms with E-state index >= 15 is 0 Å². The Balaban J connectivity index is 2.53. The number of nitrogens with zero attached hydrogens (tertiary/aromatic N) is 2. The van der Waals surface area contributed by atoms with Gasteiger partial charge >= 0.3 is 0 Å². The topological polar surface area (TPSA) is 146 Å². The molecular weight excluding hydrogens is 909 g/mol. The second kappa shape index (κ2) is 51.5. The highest BCUT2D eigenvalue weighted by Gasteiger charge is 2.33. The van der Waals surface area contributed by atoms with Gasteiger partial charge in [0.25, 0.3) is 0 Å². The lowest BCUT2D eigenvalue weighted by molar-refractivity contribution is -0.137. The molecule has 0 aromatic rings. The Morgan fingerprint density at radius 1 is 0.315 bits per heavy atom. The minimum atomic E-state index is -0.523. The van der Waals surface area contributed by atoms with Crippen molar-refractivity contribution in [2.45, 2.75) is 353 Å². The van der Waals surface area contributed by atoms with E-state index in [1.165, 1.54) is 180 Å². The maximum Gasteiger partial charge on any atom is 0.243 e. The summed E-state index contributed by atoms with van der Waals surface area (Å²) in [5, 5.41) is 50.3. The zero-order valence-corrected chi connectivity index (χ0v) is 49.0. The maximum absolute atomic E-state index is 13.2. The van der Waals surface area contributed by atoms with Crippen LogP contribution in [0.4, 0.5) is 0 Å². The summed E-state index contributed by atoms with van der Waals surface area (Å²) in [4.78, 5) is 31.0. The number of amides is 2. The van der Waals surface area contributed by atoms with E-state index in [0.717, 1.165) is 109 Å². The molecule has 0 bridgehead atoms. The van der Waals surface area contributed by atoms with Crippen LogP contribution in [0.1, 0.15) is 317 Å². The minimum Gasteiger partial charge on any atom is -0.392 e. The van der Waals surface area contributed by atoms with Crippen molar-refractivity contribution in [1.82, 2.24) is 20.4 Å². The average Bonchev–Trinajstić information content (AvgIpc) is 3.36. The van der Waals surface area contributed by atoms with E-state index in [2.05, 4.69) is 48.1 Å². The van der Waals surface area contributed by atoms with Crippen LogP contribution < -0.4 is 10.6 Å². The Bertz CT molecular complexity index is 1170. The fraction of sp³-hybridized carbons (Fsp3) is 0.968. The average molecular weight is 1040 g/mol. The van der Waals surface area contributed by atoms with Crippen LogP contribution in [-0.2, 0) is 9.59 Å². The standard InChI is InChI=1S/C63H126N4O6/c1-5-9-13-17-21-25-29-33-39-47-59(71)55-67(54-58(70)46-38-32-28-24-20-16-12-8-4)51-43-41-49-61-63(73)64-60(62(72)65-61)48-40-34-35-42-50-66(52-56(68)44-36-30-26-22-18-14-10-6-2)53-57(69)45-37-31-27-23-19-15-11-7-3/h56-61,68-71H,5-55H2,1-4H3,(H,64,73)(H,65,72)/t56-,57-,58-,59-,60-,61-/m1/s1.